The largest absolute Gasteiger partial charge is 0.534 e. The molecule has 2 heterocycles. The predicted octanol–water partition coefficient (Wildman–Crippen LogP) is 6.53. The lowest BCUT2D eigenvalue weighted by Crippen LogP contribution is -2.68. The smallest absolute Gasteiger partial charge is 0.319 e. The van der Waals surface area contributed by atoms with Crippen LogP contribution in [0.5, 0.6) is 5.75 Å². The Morgan fingerprint density at radius 2 is 1.28 bits per heavy atom. The first-order valence-corrected chi connectivity index (χ1v) is 15.2. The van der Waals surface area contributed by atoms with Crippen LogP contribution in [-0.2, 0) is 0 Å². The fourth-order valence-electron chi connectivity index (χ4n) is 6.18. The van der Waals surface area contributed by atoms with Crippen molar-refractivity contribution in [3.63, 3.8) is 0 Å². The van der Waals surface area contributed by atoms with Crippen molar-refractivity contribution in [2.75, 3.05) is 0 Å². The van der Waals surface area contributed by atoms with Gasteiger partial charge in [-0.15, -0.1) is 0 Å². The molecule has 0 aliphatic carbocycles. The maximum Gasteiger partial charge on any atom is 0.319 e. The summed E-state index contributed by atoms with van der Waals surface area (Å²) in [5.74, 6) is 0.794. The molecule has 0 N–H and O–H groups in total. The zero-order chi connectivity index (χ0) is 26.8. The minimum atomic E-state index is -2.86. The third kappa shape index (κ3) is 3.36. The Balaban J connectivity index is 1.55. The van der Waals surface area contributed by atoms with Gasteiger partial charge >= 0.3 is 8.32 Å². The number of aromatic nitrogens is 2. The molecule has 0 bridgehead atoms. The molecule has 190 valence electrons. The number of rotatable bonds is 4. The zero-order valence-corrected chi connectivity index (χ0v) is 23.2. The van der Waals surface area contributed by atoms with Gasteiger partial charge in [-0.2, -0.15) is 0 Å². The van der Waals surface area contributed by atoms with Crippen molar-refractivity contribution in [1.29, 1.82) is 0 Å². The summed E-state index contributed by atoms with van der Waals surface area (Å²) in [4.78, 5) is 18.7. The Hall–Kier alpha value is -4.48. The molecule has 0 atom stereocenters. The fourth-order valence-corrected chi connectivity index (χ4v) is 10.6. The van der Waals surface area contributed by atoms with Crippen LogP contribution in [0.1, 0.15) is 20.8 Å². The highest BCUT2D eigenvalue weighted by atomic mass is 28.4. The van der Waals surface area contributed by atoms with Crippen LogP contribution in [0.3, 0.4) is 0 Å². The topological polar surface area (TPSA) is 43.6 Å². The Kier molecular flexibility index (Phi) is 5.16. The van der Waals surface area contributed by atoms with E-state index in [-0.39, 0.29) is 10.6 Å². The Morgan fingerprint density at radius 1 is 0.667 bits per heavy atom. The van der Waals surface area contributed by atoms with Gasteiger partial charge < -0.3 is 4.43 Å². The van der Waals surface area contributed by atoms with E-state index in [4.69, 9.17) is 9.41 Å². The molecule has 0 radical (unpaired) electrons. The number of imidazole rings is 1. The summed E-state index contributed by atoms with van der Waals surface area (Å²) in [6, 6.07) is 39.2. The molecule has 7 aromatic rings. The summed E-state index contributed by atoms with van der Waals surface area (Å²) in [5.41, 5.74) is 2.27. The van der Waals surface area contributed by atoms with E-state index in [1.807, 2.05) is 42.5 Å². The van der Waals surface area contributed by atoms with Crippen LogP contribution in [0.4, 0.5) is 0 Å². The van der Waals surface area contributed by atoms with Crippen LogP contribution in [-0.4, -0.2) is 17.7 Å². The van der Waals surface area contributed by atoms with Gasteiger partial charge in [0.15, 0.2) is 0 Å². The molecule has 0 spiro atoms. The molecule has 0 fully saturated rings. The molecular formula is C34H28N2O2Si. The second-order valence-electron chi connectivity index (χ2n) is 11.2. The monoisotopic (exact) mass is 524 g/mol. The second-order valence-corrected chi connectivity index (χ2v) is 15.4. The van der Waals surface area contributed by atoms with Gasteiger partial charge in [-0.25, -0.2) is 4.98 Å². The average molecular weight is 525 g/mol. The summed E-state index contributed by atoms with van der Waals surface area (Å²) in [6.07, 6.45) is 0. The van der Waals surface area contributed by atoms with E-state index in [1.54, 1.807) is 4.40 Å². The van der Waals surface area contributed by atoms with Crippen molar-refractivity contribution in [3.8, 4) is 5.75 Å². The predicted molar refractivity (Wildman–Crippen MR) is 163 cm³/mol. The number of pyridine rings is 1. The van der Waals surface area contributed by atoms with Crippen LogP contribution < -0.4 is 20.4 Å². The highest BCUT2D eigenvalue weighted by Gasteiger charge is 2.52. The van der Waals surface area contributed by atoms with Gasteiger partial charge in [-0.05, 0) is 39.7 Å². The molecule has 0 saturated heterocycles. The number of nitrogens with zero attached hydrogens (tertiary/aromatic N) is 2. The number of hydrogen-bond donors (Lipinski definition) is 0. The number of para-hydroxylation sites is 2. The average Bonchev–Trinajstić information content (AvgIpc) is 3.35. The Morgan fingerprint density at radius 3 is 1.95 bits per heavy atom. The van der Waals surface area contributed by atoms with Gasteiger partial charge in [0.2, 0.25) is 0 Å². The third-order valence-corrected chi connectivity index (χ3v) is 12.8. The lowest BCUT2D eigenvalue weighted by atomic mass is 10.0. The van der Waals surface area contributed by atoms with E-state index in [9.17, 15) is 4.79 Å². The first-order chi connectivity index (χ1) is 18.9. The van der Waals surface area contributed by atoms with Crippen molar-refractivity contribution < 1.29 is 4.43 Å². The van der Waals surface area contributed by atoms with E-state index >= 15 is 0 Å². The quantitative estimate of drug-likeness (QED) is 0.246. The van der Waals surface area contributed by atoms with Gasteiger partial charge in [0.05, 0.1) is 11.0 Å². The van der Waals surface area contributed by atoms with Gasteiger partial charge in [0.1, 0.15) is 11.4 Å². The van der Waals surface area contributed by atoms with Crippen molar-refractivity contribution >= 4 is 56.9 Å². The molecule has 0 saturated carbocycles. The minimum absolute atomic E-state index is 0.0561. The molecule has 2 aromatic heterocycles. The van der Waals surface area contributed by atoms with Crippen LogP contribution >= 0.6 is 0 Å². The number of benzene rings is 5. The van der Waals surface area contributed by atoms with Crippen LogP contribution in [0.25, 0.3) is 38.2 Å². The van der Waals surface area contributed by atoms with Gasteiger partial charge in [0, 0.05) is 21.5 Å². The maximum atomic E-state index is 13.9. The summed E-state index contributed by atoms with van der Waals surface area (Å²) >= 11 is 0. The molecular weight excluding hydrogens is 496 g/mol. The molecule has 7 rings (SSSR count). The fraction of sp³-hybridized carbons (Fsp3) is 0.118. The van der Waals surface area contributed by atoms with Gasteiger partial charge in [0.25, 0.3) is 5.56 Å². The summed E-state index contributed by atoms with van der Waals surface area (Å²) in [5, 5.41) is 5.70. The normalized spacial score (nSPS) is 12.6. The van der Waals surface area contributed by atoms with E-state index < -0.39 is 8.32 Å². The van der Waals surface area contributed by atoms with Crippen LogP contribution in [0, 0.1) is 0 Å². The maximum absolute atomic E-state index is 13.9. The molecule has 0 amide bonds. The van der Waals surface area contributed by atoms with Crippen molar-refractivity contribution in [3.05, 3.63) is 126 Å². The van der Waals surface area contributed by atoms with E-state index in [2.05, 4.69) is 93.6 Å². The van der Waals surface area contributed by atoms with Crippen molar-refractivity contribution in [2.45, 2.75) is 25.8 Å². The second kappa shape index (κ2) is 8.51. The molecule has 0 aliphatic heterocycles. The SMILES string of the molecule is CC(C)(C)[Si](Oc1ccc2c(=O)n3c4ccccc4nc3c3cccc1c23)(c1ccccc1)c1ccccc1. The summed E-state index contributed by atoms with van der Waals surface area (Å²) in [6.45, 7) is 6.82. The van der Waals surface area contributed by atoms with E-state index in [0.717, 1.165) is 32.9 Å². The van der Waals surface area contributed by atoms with Crippen LogP contribution in [0.2, 0.25) is 5.04 Å². The molecule has 5 aromatic carbocycles. The highest BCUT2D eigenvalue weighted by molar-refractivity contribution is 7.00. The third-order valence-electron chi connectivity index (χ3n) is 7.92. The minimum Gasteiger partial charge on any atom is -0.534 e. The van der Waals surface area contributed by atoms with Crippen molar-refractivity contribution in [1.82, 2.24) is 9.38 Å². The lowest BCUT2D eigenvalue weighted by molar-refractivity contribution is 0.513. The lowest BCUT2D eigenvalue weighted by Gasteiger charge is -2.43. The van der Waals surface area contributed by atoms with Gasteiger partial charge in [-0.3, -0.25) is 9.20 Å². The molecule has 4 nitrogen and oxygen atoms in total. The highest BCUT2D eigenvalue weighted by Crippen LogP contribution is 2.41. The molecule has 0 aliphatic rings. The Labute approximate surface area is 227 Å². The Bertz CT molecular complexity index is 2000. The standard InChI is InChI=1S/C34H28N2O2Si/c1-34(2,3)39(23-13-6-4-7-14-23,24-15-8-5-9-16-24)38-30-22-21-27-31-25(30)17-12-18-26(31)32-35-28-19-10-11-20-29(28)36(32)33(27)37/h4-22H,1-3H3. The van der Waals surface area contributed by atoms with E-state index in [1.165, 1.54) is 10.4 Å². The molecule has 39 heavy (non-hydrogen) atoms. The first-order valence-electron chi connectivity index (χ1n) is 13.3. The van der Waals surface area contributed by atoms with E-state index in [0.29, 0.717) is 11.0 Å². The summed E-state index contributed by atoms with van der Waals surface area (Å²) < 4.78 is 9.16. The van der Waals surface area contributed by atoms with Gasteiger partial charge in [-0.1, -0.05) is 112 Å². The molecule has 5 heteroatoms. The number of fused-ring (bicyclic) bond motifs is 4. The first kappa shape index (κ1) is 23.6. The number of hydrogen-bond acceptors (Lipinski definition) is 3. The summed E-state index contributed by atoms with van der Waals surface area (Å²) in [7, 11) is -2.86. The van der Waals surface area contributed by atoms with Crippen LogP contribution in [0.15, 0.2) is 120 Å². The van der Waals surface area contributed by atoms with Crippen molar-refractivity contribution in [2.24, 2.45) is 0 Å². The zero-order valence-electron chi connectivity index (χ0n) is 22.2. The molecule has 0 unspecified atom stereocenters.